The van der Waals surface area contributed by atoms with Crippen LogP contribution in [0.2, 0.25) is 0 Å². The predicted octanol–water partition coefficient (Wildman–Crippen LogP) is 12.4. The maximum Gasteiger partial charge on any atom is 0.306 e. The Balaban J connectivity index is 1.20. The van der Waals surface area contributed by atoms with Crippen molar-refractivity contribution >= 4 is 5.97 Å². The molecule has 4 aliphatic rings. The normalized spacial score (nSPS) is 34.5. The molecule has 0 aromatic rings. The van der Waals surface area contributed by atoms with Crippen molar-refractivity contribution in [2.75, 3.05) is 0 Å². The first-order valence-corrected chi connectivity index (χ1v) is 19.2. The van der Waals surface area contributed by atoms with Gasteiger partial charge >= 0.3 is 5.97 Å². The van der Waals surface area contributed by atoms with Crippen molar-refractivity contribution in [1.29, 1.82) is 0 Å². The van der Waals surface area contributed by atoms with E-state index in [0.29, 0.717) is 17.3 Å². The van der Waals surface area contributed by atoms with Crippen LogP contribution in [-0.2, 0) is 9.53 Å². The molecule has 3 saturated carbocycles. The molecular weight excluding hydrogens is 524 g/mol. The first-order chi connectivity index (χ1) is 20.7. The summed E-state index contributed by atoms with van der Waals surface area (Å²) in [7, 11) is 0. The molecule has 0 saturated heterocycles. The summed E-state index contributed by atoms with van der Waals surface area (Å²) in [6.07, 6.45) is 33.6. The fraction of sp³-hybridized carbons (Fsp3) is 0.878. The lowest BCUT2D eigenvalue weighted by atomic mass is 9.47. The molecule has 43 heavy (non-hydrogen) atoms. The van der Waals surface area contributed by atoms with Gasteiger partial charge in [0.15, 0.2) is 0 Å². The van der Waals surface area contributed by atoms with Crippen molar-refractivity contribution in [3.8, 4) is 0 Å². The molecule has 4 rings (SSSR count). The molecule has 0 heterocycles. The minimum absolute atomic E-state index is 0.0506. The van der Waals surface area contributed by atoms with Gasteiger partial charge in [-0.05, 0) is 117 Å². The molecule has 246 valence electrons. The maximum atomic E-state index is 12.7. The highest BCUT2D eigenvalue weighted by molar-refractivity contribution is 5.69. The average molecular weight is 595 g/mol. The lowest BCUT2D eigenvalue weighted by molar-refractivity contribution is -0.151. The van der Waals surface area contributed by atoms with E-state index in [0.717, 1.165) is 61.2 Å². The van der Waals surface area contributed by atoms with E-state index in [1.54, 1.807) is 5.57 Å². The van der Waals surface area contributed by atoms with Crippen molar-refractivity contribution in [2.45, 2.75) is 182 Å². The second kappa shape index (κ2) is 16.5. The topological polar surface area (TPSA) is 26.3 Å². The Bertz CT molecular complexity index is 915. The largest absolute Gasteiger partial charge is 0.462 e. The number of carbonyl (C=O) groups is 1. The predicted molar refractivity (Wildman–Crippen MR) is 184 cm³/mol. The SMILES string of the molecule is CCCC/C=C\CCCCCCCC(=O)O[C@H]1CC[C@@]2(C)C(=CC[C@H]3[C@@H]4CC[C@H](C(C)CCCC(C)C)[C@@]4(C)CC[C@@H]32)C1. The molecule has 3 fully saturated rings. The second-order valence-corrected chi connectivity index (χ2v) is 16.6. The van der Waals surface area contributed by atoms with Gasteiger partial charge in [-0.1, -0.05) is 117 Å². The van der Waals surface area contributed by atoms with Gasteiger partial charge in [0.05, 0.1) is 0 Å². The fourth-order valence-corrected chi connectivity index (χ4v) is 10.6. The van der Waals surface area contributed by atoms with Gasteiger partial charge in [0, 0.05) is 12.8 Å². The van der Waals surface area contributed by atoms with Crippen LogP contribution in [0.5, 0.6) is 0 Å². The van der Waals surface area contributed by atoms with Gasteiger partial charge in [-0.15, -0.1) is 0 Å². The van der Waals surface area contributed by atoms with Crippen molar-refractivity contribution < 1.29 is 9.53 Å². The molecular formula is C41H70O2. The second-order valence-electron chi connectivity index (χ2n) is 16.6. The van der Waals surface area contributed by atoms with Crippen molar-refractivity contribution in [2.24, 2.45) is 46.3 Å². The van der Waals surface area contributed by atoms with Crippen LogP contribution in [0.4, 0.5) is 0 Å². The molecule has 8 atom stereocenters. The minimum atomic E-state index is 0.0506. The van der Waals surface area contributed by atoms with E-state index < -0.39 is 0 Å². The number of esters is 1. The van der Waals surface area contributed by atoms with Crippen molar-refractivity contribution in [1.82, 2.24) is 0 Å². The van der Waals surface area contributed by atoms with Gasteiger partial charge in [0.2, 0.25) is 0 Å². The van der Waals surface area contributed by atoms with Crippen LogP contribution in [0.25, 0.3) is 0 Å². The first-order valence-electron chi connectivity index (χ1n) is 19.2. The summed E-state index contributed by atoms with van der Waals surface area (Å²) in [6.45, 7) is 14.9. The molecule has 0 aromatic heterocycles. The number of hydrogen-bond acceptors (Lipinski definition) is 2. The Kier molecular flexibility index (Phi) is 13.4. The number of rotatable bonds is 17. The minimum Gasteiger partial charge on any atom is -0.462 e. The highest BCUT2D eigenvalue weighted by Gasteiger charge is 2.59. The Morgan fingerprint density at radius 3 is 2.40 bits per heavy atom. The molecule has 0 spiro atoms. The summed E-state index contributed by atoms with van der Waals surface area (Å²) in [4.78, 5) is 12.7. The number of hydrogen-bond donors (Lipinski definition) is 0. The Hall–Kier alpha value is -1.05. The van der Waals surface area contributed by atoms with Crippen LogP contribution in [0.15, 0.2) is 23.8 Å². The molecule has 1 unspecified atom stereocenters. The lowest BCUT2D eigenvalue weighted by Gasteiger charge is -2.58. The van der Waals surface area contributed by atoms with Crippen molar-refractivity contribution in [3.63, 3.8) is 0 Å². The zero-order valence-electron chi connectivity index (χ0n) is 29.4. The number of carbonyl (C=O) groups excluding carboxylic acids is 1. The van der Waals surface area contributed by atoms with E-state index in [4.69, 9.17) is 4.74 Å². The highest BCUT2D eigenvalue weighted by Crippen LogP contribution is 2.67. The van der Waals surface area contributed by atoms with E-state index in [1.165, 1.54) is 103 Å². The van der Waals surface area contributed by atoms with Crippen LogP contribution in [0, 0.1) is 46.3 Å². The third-order valence-electron chi connectivity index (χ3n) is 13.2. The molecule has 2 heteroatoms. The molecule has 2 nitrogen and oxygen atoms in total. The monoisotopic (exact) mass is 595 g/mol. The van der Waals surface area contributed by atoms with E-state index in [2.05, 4.69) is 59.8 Å². The summed E-state index contributed by atoms with van der Waals surface area (Å²) in [6, 6.07) is 0. The van der Waals surface area contributed by atoms with E-state index >= 15 is 0 Å². The number of ether oxygens (including phenoxy) is 1. The lowest BCUT2D eigenvalue weighted by Crippen LogP contribution is -2.51. The van der Waals surface area contributed by atoms with Gasteiger partial charge in [0.1, 0.15) is 6.10 Å². The van der Waals surface area contributed by atoms with Crippen LogP contribution in [0.1, 0.15) is 176 Å². The third kappa shape index (κ3) is 8.82. The van der Waals surface area contributed by atoms with Gasteiger partial charge in [0.25, 0.3) is 0 Å². The van der Waals surface area contributed by atoms with E-state index in [-0.39, 0.29) is 12.1 Å². The van der Waals surface area contributed by atoms with Gasteiger partial charge in [-0.3, -0.25) is 4.79 Å². The standard InChI is InChI=1S/C41H70O2/c1-7-8-9-10-11-12-13-14-15-16-17-21-39(42)43-34-26-28-40(5)33(30-34)22-23-35-37-25-24-36(32(4)20-18-19-31(2)3)41(37,6)29-27-38(35)40/h10-11,22,31-32,34-38H,7-9,12-21,23-30H2,1-6H3/b11-10-/t32?,34-,35-,36+,37-,38-,40-,41+/m0/s1. The Morgan fingerprint density at radius 1 is 0.884 bits per heavy atom. The third-order valence-corrected chi connectivity index (χ3v) is 13.2. The number of unbranched alkanes of at least 4 members (excludes halogenated alkanes) is 7. The molecule has 0 N–H and O–H groups in total. The summed E-state index contributed by atoms with van der Waals surface area (Å²) in [5.41, 5.74) is 2.53. The zero-order valence-corrected chi connectivity index (χ0v) is 29.4. The molecule has 0 amide bonds. The summed E-state index contributed by atoms with van der Waals surface area (Å²) in [5.74, 6) is 5.32. The Morgan fingerprint density at radius 2 is 1.63 bits per heavy atom. The maximum absolute atomic E-state index is 12.7. The first kappa shape index (κ1) is 34.8. The summed E-state index contributed by atoms with van der Waals surface area (Å²) in [5, 5.41) is 0. The molecule has 0 radical (unpaired) electrons. The quantitative estimate of drug-likeness (QED) is 0.0951. The van der Waals surface area contributed by atoms with Gasteiger partial charge in [-0.2, -0.15) is 0 Å². The molecule has 0 aliphatic heterocycles. The number of allylic oxidation sites excluding steroid dienone is 3. The molecule has 0 bridgehead atoms. The summed E-state index contributed by atoms with van der Waals surface area (Å²) < 4.78 is 6.10. The van der Waals surface area contributed by atoms with Crippen molar-refractivity contribution in [3.05, 3.63) is 23.8 Å². The highest BCUT2D eigenvalue weighted by atomic mass is 16.5. The van der Waals surface area contributed by atoms with Crippen LogP contribution in [0.3, 0.4) is 0 Å². The van der Waals surface area contributed by atoms with E-state index in [9.17, 15) is 4.79 Å². The zero-order chi connectivity index (χ0) is 30.9. The van der Waals surface area contributed by atoms with Gasteiger partial charge < -0.3 is 4.74 Å². The van der Waals surface area contributed by atoms with Crippen LogP contribution in [-0.4, -0.2) is 12.1 Å². The summed E-state index contributed by atoms with van der Waals surface area (Å²) >= 11 is 0. The van der Waals surface area contributed by atoms with Crippen LogP contribution >= 0.6 is 0 Å². The Labute approximate surface area is 267 Å². The number of fused-ring (bicyclic) bond motifs is 5. The fourth-order valence-electron chi connectivity index (χ4n) is 10.6. The van der Waals surface area contributed by atoms with Crippen LogP contribution < -0.4 is 0 Å². The van der Waals surface area contributed by atoms with E-state index in [1.807, 2.05) is 0 Å². The smallest absolute Gasteiger partial charge is 0.306 e. The molecule has 4 aliphatic carbocycles. The average Bonchev–Trinajstić information content (AvgIpc) is 3.33. The van der Waals surface area contributed by atoms with Gasteiger partial charge in [-0.25, -0.2) is 0 Å². The molecule has 0 aromatic carbocycles.